The zero-order valence-electron chi connectivity index (χ0n) is 14.1. The predicted octanol–water partition coefficient (Wildman–Crippen LogP) is 3.55. The molecule has 0 aliphatic carbocycles. The van der Waals surface area contributed by atoms with E-state index in [0.717, 1.165) is 37.1 Å². The standard InChI is InChI=1S/C18H23ClN4O/c1-13(14-5-7-15(19)8-6-14)21-18(24)23-11-3-4-17(23)12-16-9-10-20-22(16)2/h5-10,13,17H,3-4,11-12H2,1-2H3,(H,21,24)/t13-,17+/m1/s1. The summed E-state index contributed by atoms with van der Waals surface area (Å²) in [4.78, 5) is 14.6. The van der Waals surface area contributed by atoms with Gasteiger partial charge in [0.05, 0.1) is 6.04 Å². The highest BCUT2D eigenvalue weighted by Gasteiger charge is 2.30. The highest BCUT2D eigenvalue weighted by molar-refractivity contribution is 6.30. The first-order valence-corrected chi connectivity index (χ1v) is 8.72. The number of likely N-dealkylation sites (tertiary alicyclic amines) is 1. The molecule has 128 valence electrons. The van der Waals surface area contributed by atoms with Crippen molar-refractivity contribution in [3.63, 3.8) is 0 Å². The molecule has 2 aromatic rings. The lowest BCUT2D eigenvalue weighted by Crippen LogP contribution is -2.44. The first kappa shape index (κ1) is 16.8. The van der Waals surface area contributed by atoms with E-state index in [-0.39, 0.29) is 18.1 Å². The molecule has 24 heavy (non-hydrogen) atoms. The number of hydrogen-bond donors (Lipinski definition) is 1. The van der Waals surface area contributed by atoms with Crippen molar-refractivity contribution in [3.8, 4) is 0 Å². The lowest BCUT2D eigenvalue weighted by Gasteiger charge is -2.27. The molecule has 2 heterocycles. The van der Waals surface area contributed by atoms with Crippen molar-refractivity contribution >= 4 is 17.6 Å². The Morgan fingerprint density at radius 3 is 2.79 bits per heavy atom. The van der Waals surface area contributed by atoms with E-state index in [0.29, 0.717) is 5.02 Å². The average Bonchev–Trinajstić information content (AvgIpc) is 3.18. The van der Waals surface area contributed by atoms with Gasteiger partial charge in [-0.2, -0.15) is 5.10 Å². The number of halogens is 1. The van der Waals surface area contributed by atoms with E-state index < -0.39 is 0 Å². The molecule has 1 aromatic carbocycles. The summed E-state index contributed by atoms with van der Waals surface area (Å²) in [6.45, 7) is 2.80. The van der Waals surface area contributed by atoms with Crippen molar-refractivity contribution in [2.45, 2.75) is 38.3 Å². The molecule has 1 fully saturated rings. The summed E-state index contributed by atoms with van der Waals surface area (Å²) in [7, 11) is 1.94. The highest BCUT2D eigenvalue weighted by atomic mass is 35.5. The third-order valence-electron chi connectivity index (χ3n) is 4.72. The van der Waals surface area contributed by atoms with Gasteiger partial charge < -0.3 is 10.2 Å². The number of carbonyl (C=O) groups is 1. The SMILES string of the molecule is C[C@@H](NC(=O)N1CCC[C@H]1Cc1ccnn1C)c1ccc(Cl)cc1. The Hall–Kier alpha value is -2.01. The Kier molecular flexibility index (Phi) is 5.09. The van der Waals surface area contributed by atoms with E-state index in [1.54, 1.807) is 6.20 Å². The first-order valence-electron chi connectivity index (χ1n) is 8.34. The summed E-state index contributed by atoms with van der Waals surface area (Å²) in [6, 6.07) is 9.80. The number of rotatable bonds is 4. The van der Waals surface area contributed by atoms with Gasteiger partial charge in [0.25, 0.3) is 0 Å². The minimum Gasteiger partial charge on any atom is -0.331 e. The summed E-state index contributed by atoms with van der Waals surface area (Å²) in [5.74, 6) is 0. The van der Waals surface area contributed by atoms with E-state index in [1.807, 2.05) is 53.9 Å². The smallest absolute Gasteiger partial charge is 0.318 e. The fourth-order valence-electron chi connectivity index (χ4n) is 3.26. The molecule has 6 heteroatoms. The molecule has 2 atom stereocenters. The van der Waals surface area contributed by atoms with Crippen molar-refractivity contribution in [1.29, 1.82) is 0 Å². The van der Waals surface area contributed by atoms with Gasteiger partial charge in [-0.1, -0.05) is 23.7 Å². The maximum Gasteiger partial charge on any atom is 0.318 e. The van der Waals surface area contributed by atoms with Gasteiger partial charge in [0.15, 0.2) is 0 Å². The van der Waals surface area contributed by atoms with Crippen molar-refractivity contribution in [3.05, 3.63) is 52.8 Å². The van der Waals surface area contributed by atoms with E-state index >= 15 is 0 Å². The molecule has 1 aliphatic rings. The fourth-order valence-corrected chi connectivity index (χ4v) is 3.39. The maximum absolute atomic E-state index is 12.7. The molecule has 1 N–H and O–H groups in total. The van der Waals surface area contributed by atoms with Crippen LogP contribution in [-0.2, 0) is 13.5 Å². The topological polar surface area (TPSA) is 50.2 Å². The molecule has 0 spiro atoms. The monoisotopic (exact) mass is 346 g/mol. The van der Waals surface area contributed by atoms with Crippen LogP contribution >= 0.6 is 11.6 Å². The molecule has 3 rings (SSSR count). The number of hydrogen-bond acceptors (Lipinski definition) is 2. The Labute approximate surface area is 147 Å². The third-order valence-corrected chi connectivity index (χ3v) is 4.97. The zero-order chi connectivity index (χ0) is 17.1. The van der Waals surface area contributed by atoms with Crippen molar-refractivity contribution in [2.75, 3.05) is 6.54 Å². The normalized spacial score (nSPS) is 18.6. The predicted molar refractivity (Wildman–Crippen MR) is 95.0 cm³/mol. The van der Waals surface area contributed by atoms with Crippen LogP contribution in [0.5, 0.6) is 0 Å². The zero-order valence-corrected chi connectivity index (χ0v) is 14.8. The van der Waals surface area contributed by atoms with Gasteiger partial charge in [-0.25, -0.2) is 4.79 Å². The first-order chi connectivity index (χ1) is 11.5. The van der Waals surface area contributed by atoms with Crippen LogP contribution in [-0.4, -0.2) is 33.3 Å². The van der Waals surface area contributed by atoms with E-state index in [2.05, 4.69) is 10.4 Å². The molecule has 1 saturated heterocycles. The van der Waals surface area contributed by atoms with Crippen LogP contribution < -0.4 is 5.32 Å². The molecule has 0 bridgehead atoms. The molecule has 0 unspecified atom stereocenters. The molecule has 1 aliphatic heterocycles. The largest absolute Gasteiger partial charge is 0.331 e. The Balaban J connectivity index is 1.63. The van der Waals surface area contributed by atoms with Crippen LogP contribution in [0.25, 0.3) is 0 Å². The summed E-state index contributed by atoms with van der Waals surface area (Å²) >= 11 is 5.92. The van der Waals surface area contributed by atoms with Gasteiger partial charge in [0, 0.05) is 43.0 Å². The molecule has 5 nitrogen and oxygen atoms in total. The molecule has 0 saturated carbocycles. The van der Waals surface area contributed by atoms with Crippen molar-refractivity contribution < 1.29 is 4.79 Å². The second-order valence-corrected chi connectivity index (χ2v) is 6.80. The van der Waals surface area contributed by atoms with Gasteiger partial charge in [0.1, 0.15) is 0 Å². The van der Waals surface area contributed by atoms with Crippen molar-refractivity contribution in [1.82, 2.24) is 20.0 Å². The quantitative estimate of drug-likeness (QED) is 0.920. The molecule has 1 aromatic heterocycles. The summed E-state index contributed by atoms with van der Waals surface area (Å²) < 4.78 is 1.88. The Morgan fingerprint density at radius 1 is 1.38 bits per heavy atom. The fraction of sp³-hybridized carbons (Fsp3) is 0.444. The maximum atomic E-state index is 12.7. The highest BCUT2D eigenvalue weighted by Crippen LogP contribution is 2.22. The number of aryl methyl sites for hydroxylation is 1. The number of aromatic nitrogens is 2. The van der Waals surface area contributed by atoms with Gasteiger partial charge >= 0.3 is 6.03 Å². The van der Waals surface area contributed by atoms with E-state index in [9.17, 15) is 4.79 Å². The van der Waals surface area contributed by atoms with Crippen LogP contribution in [0.4, 0.5) is 4.79 Å². The molecular weight excluding hydrogens is 324 g/mol. The number of nitrogens with one attached hydrogen (secondary N) is 1. The van der Waals surface area contributed by atoms with Crippen LogP contribution in [0.3, 0.4) is 0 Å². The number of amides is 2. The van der Waals surface area contributed by atoms with Crippen LogP contribution in [0, 0.1) is 0 Å². The van der Waals surface area contributed by atoms with Crippen LogP contribution in [0.2, 0.25) is 5.02 Å². The summed E-state index contributed by atoms with van der Waals surface area (Å²) in [6.07, 6.45) is 4.73. The lowest BCUT2D eigenvalue weighted by atomic mass is 10.1. The Bertz CT molecular complexity index is 697. The number of benzene rings is 1. The summed E-state index contributed by atoms with van der Waals surface area (Å²) in [5, 5.41) is 8.02. The van der Waals surface area contributed by atoms with Gasteiger partial charge in [0.2, 0.25) is 0 Å². The van der Waals surface area contributed by atoms with Gasteiger partial charge in [-0.05, 0) is 43.5 Å². The number of carbonyl (C=O) groups excluding carboxylic acids is 1. The summed E-state index contributed by atoms with van der Waals surface area (Å²) in [5.41, 5.74) is 2.21. The molecule has 0 radical (unpaired) electrons. The number of urea groups is 1. The van der Waals surface area contributed by atoms with Gasteiger partial charge in [-0.3, -0.25) is 4.68 Å². The minimum absolute atomic E-state index is 0.00196. The lowest BCUT2D eigenvalue weighted by molar-refractivity contribution is 0.188. The Morgan fingerprint density at radius 2 is 2.12 bits per heavy atom. The van der Waals surface area contributed by atoms with E-state index in [1.165, 1.54) is 0 Å². The van der Waals surface area contributed by atoms with Crippen molar-refractivity contribution in [2.24, 2.45) is 7.05 Å². The van der Waals surface area contributed by atoms with Gasteiger partial charge in [-0.15, -0.1) is 0 Å². The number of nitrogens with zero attached hydrogens (tertiary/aromatic N) is 3. The minimum atomic E-state index is -0.0484. The molecular formula is C18H23ClN4O. The average molecular weight is 347 g/mol. The van der Waals surface area contributed by atoms with Crippen LogP contribution in [0.15, 0.2) is 36.5 Å². The second-order valence-electron chi connectivity index (χ2n) is 6.36. The van der Waals surface area contributed by atoms with Crippen LogP contribution in [0.1, 0.15) is 37.1 Å². The second kappa shape index (κ2) is 7.26. The van der Waals surface area contributed by atoms with E-state index in [4.69, 9.17) is 11.6 Å². The molecule has 2 amide bonds. The third kappa shape index (κ3) is 3.73.